The van der Waals surface area contributed by atoms with E-state index in [-0.39, 0.29) is 17.9 Å². The zero-order valence-electron chi connectivity index (χ0n) is 11.6. The van der Waals surface area contributed by atoms with Crippen LogP contribution in [0.5, 0.6) is 0 Å². The number of carboxylic acids is 1. The normalized spacial score (nSPS) is 12.4. The Morgan fingerprint density at radius 3 is 2.38 bits per heavy atom. The van der Waals surface area contributed by atoms with E-state index in [0.717, 1.165) is 0 Å². The van der Waals surface area contributed by atoms with Crippen molar-refractivity contribution in [2.45, 2.75) is 19.4 Å². The number of anilines is 1. The molecule has 0 aromatic heterocycles. The molecule has 1 atom stereocenters. The van der Waals surface area contributed by atoms with Gasteiger partial charge in [-0.3, -0.25) is 0 Å². The fourth-order valence-electron chi connectivity index (χ4n) is 1.55. The SMILES string of the molecule is CCS(=O)(=O)CCC(NC(=O)Nc1ccccc1)C(=O)O. The zero-order chi connectivity index (χ0) is 15.9. The minimum Gasteiger partial charge on any atom is -0.480 e. The molecule has 1 aromatic rings. The van der Waals surface area contributed by atoms with E-state index in [9.17, 15) is 18.0 Å². The van der Waals surface area contributed by atoms with E-state index in [1.54, 1.807) is 30.3 Å². The first-order valence-corrected chi connectivity index (χ1v) is 8.22. The van der Waals surface area contributed by atoms with Gasteiger partial charge in [0.1, 0.15) is 15.9 Å². The van der Waals surface area contributed by atoms with Gasteiger partial charge in [-0.05, 0) is 18.6 Å². The summed E-state index contributed by atoms with van der Waals surface area (Å²) in [5.41, 5.74) is 0.514. The van der Waals surface area contributed by atoms with E-state index in [1.807, 2.05) is 0 Å². The van der Waals surface area contributed by atoms with Crippen molar-refractivity contribution in [3.8, 4) is 0 Å². The van der Waals surface area contributed by atoms with Crippen LogP contribution in [0, 0.1) is 0 Å². The average Bonchev–Trinajstić information content (AvgIpc) is 2.44. The quantitative estimate of drug-likeness (QED) is 0.697. The van der Waals surface area contributed by atoms with Crippen LogP contribution in [0.4, 0.5) is 10.5 Å². The summed E-state index contributed by atoms with van der Waals surface area (Å²) in [5.74, 6) is -1.62. The number of para-hydroxylation sites is 1. The Balaban J connectivity index is 2.58. The van der Waals surface area contributed by atoms with Crippen molar-refractivity contribution in [1.29, 1.82) is 0 Å². The van der Waals surface area contributed by atoms with Gasteiger partial charge < -0.3 is 15.7 Å². The van der Waals surface area contributed by atoms with E-state index < -0.39 is 27.9 Å². The molecule has 7 nitrogen and oxygen atoms in total. The summed E-state index contributed by atoms with van der Waals surface area (Å²) in [7, 11) is -3.28. The number of aliphatic carboxylic acids is 1. The van der Waals surface area contributed by atoms with Crippen LogP contribution in [0.3, 0.4) is 0 Å². The molecule has 1 rings (SSSR count). The van der Waals surface area contributed by atoms with E-state index in [1.165, 1.54) is 6.92 Å². The number of urea groups is 1. The van der Waals surface area contributed by atoms with Crippen molar-refractivity contribution >= 4 is 27.5 Å². The number of carbonyl (C=O) groups excluding carboxylic acids is 1. The molecular formula is C13H18N2O5S. The van der Waals surface area contributed by atoms with Crippen molar-refractivity contribution < 1.29 is 23.1 Å². The highest BCUT2D eigenvalue weighted by atomic mass is 32.2. The minimum absolute atomic E-state index is 0.0600. The zero-order valence-corrected chi connectivity index (χ0v) is 12.4. The highest BCUT2D eigenvalue weighted by molar-refractivity contribution is 7.91. The van der Waals surface area contributed by atoms with Gasteiger partial charge in [0.25, 0.3) is 0 Å². The van der Waals surface area contributed by atoms with Crippen molar-refractivity contribution in [1.82, 2.24) is 5.32 Å². The Kier molecular flexibility index (Phi) is 6.16. The smallest absolute Gasteiger partial charge is 0.326 e. The summed E-state index contributed by atoms with van der Waals surface area (Å²) >= 11 is 0. The number of carboxylic acid groups (broad SMARTS) is 1. The molecule has 0 saturated carbocycles. The van der Waals surface area contributed by atoms with Gasteiger partial charge >= 0.3 is 12.0 Å². The van der Waals surface area contributed by atoms with E-state index in [2.05, 4.69) is 10.6 Å². The molecule has 0 heterocycles. The third kappa shape index (κ3) is 6.26. The number of rotatable bonds is 7. The molecule has 8 heteroatoms. The fraction of sp³-hybridized carbons (Fsp3) is 0.385. The van der Waals surface area contributed by atoms with Crippen molar-refractivity contribution in [3.63, 3.8) is 0 Å². The monoisotopic (exact) mass is 314 g/mol. The van der Waals surface area contributed by atoms with Gasteiger partial charge in [0.05, 0.1) is 5.75 Å². The van der Waals surface area contributed by atoms with Gasteiger partial charge in [0, 0.05) is 11.4 Å². The molecule has 1 aromatic carbocycles. The van der Waals surface area contributed by atoms with Gasteiger partial charge in [-0.1, -0.05) is 25.1 Å². The molecule has 0 aliphatic heterocycles. The first-order chi connectivity index (χ1) is 9.84. The van der Waals surface area contributed by atoms with Crippen molar-refractivity contribution in [2.75, 3.05) is 16.8 Å². The summed E-state index contributed by atoms with van der Waals surface area (Å²) in [6.07, 6.45) is -0.173. The molecule has 0 radical (unpaired) electrons. The number of benzene rings is 1. The molecular weight excluding hydrogens is 296 g/mol. The predicted molar refractivity (Wildman–Crippen MR) is 79.0 cm³/mol. The molecule has 0 saturated heterocycles. The lowest BCUT2D eigenvalue weighted by Crippen LogP contribution is -2.44. The van der Waals surface area contributed by atoms with Gasteiger partial charge in [0.2, 0.25) is 0 Å². The van der Waals surface area contributed by atoms with Crippen LogP contribution in [0.15, 0.2) is 30.3 Å². The van der Waals surface area contributed by atoms with E-state index >= 15 is 0 Å². The Bertz CT molecular complexity index is 586. The first kappa shape index (κ1) is 17.0. The summed E-state index contributed by atoms with van der Waals surface area (Å²) in [6, 6.07) is 6.57. The standard InChI is InChI=1S/C13H18N2O5S/c1-2-21(19,20)9-8-11(12(16)17)15-13(18)14-10-6-4-3-5-7-10/h3-7,11H,2,8-9H2,1H3,(H,16,17)(H2,14,15,18). The molecule has 0 aliphatic rings. The molecule has 1 unspecified atom stereocenters. The van der Waals surface area contributed by atoms with Crippen LogP contribution in [-0.4, -0.2) is 43.1 Å². The summed E-state index contributed by atoms with van der Waals surface area (Å²) in [5, 5.41) is 13.7. The molecule has 0 fully saturated rings. The lowest BCUT2D eigenvalue weighted by atomic mass is 10.2. The fourth-order valence-corrected chi connectivity index (χ4v) is 2.43. The molecule has 2 amide bonds. The maximum atomic E-state index is 11.7. The Morgan fingerprint density at radius 2 is 1.86 bits per heavy atom. The number of hydrogen-bond donors (Lipinski definition) is 3. The van der Waals surface area contributed by atoms with Crippen LogP contribution in [0.2, 0.25) is 0 Å². The lowest BCUT2D eigenvalue weighted by Gasteiger charge is -2.15. The minimum atomic E-state index is -3.28. The number of amides is 2. The Hall–Kier alpha value is -2.09. The van der Waals surface area contributed by atoms with Crippen LogP contribution in [0.1, 0.15) is 13.3 Å². The maximum absolute atomic E-state index is 11.7. The van der Waals surface area contributed by atoms with Gasteiger partial charge in [-0.15, -0.1) is 0 Å². The van der Waals surface area contributed by atoms with Crippen molar-refractivity contribution in [3.05, 3.63) is 30.3 Å². The van der Waals surface area contributed by atoms with Crippen LogP contribution in [-0.2, 0) is 14.6 Å². The predicted octanol–water partition coefficient (Wildman–Crippen LogP) is 1.09. The first-order valence-electron chi connectivity index (χ1n) is 6.40. The molecule has 0 aliphatic carbocycles. The highest BCUT2D eigenvalue weighted by Gasteiger charge is 2.22. The largest absolute Gasteiger partial charge is 0.480 e. The van der Waals surface area contributed by atoms with E-state index in [4.69, 9.17) is 5.11 Å². The van der Waals surface area contributed by atoms with Crippen LogP contribution in [0.25, 0.3) is 0 Å². The third-order valence-electron chi connectivity index (χ3n) is 2.79. The molecule has 3 N–H and O–H groups in total. The molecule has 116 valence electrons. The van der Waals surface area contributed by atoms with Gasteiger partial charge in [-0.25, -0.2) is 18.0 Å². The maximum Gasteiger partial charge on any atom is 0.326 e. The molecule has 0 bridgehead atoms. The van der Waals surface area contributed by atoms with Crippen LogP contribution < -0.4 is 10.6 Å². The van der Waals surface area contributed by atoms with Crippen LogP contribution >= 0.6 is 0 Å². The Morgan fingerprint density at radius 1 is 1.24 bits per heavy atom. The van der Waals surface area contributed by atoms with Crippen molar-refractivity contribution in [2.24, 2.45) is 0 Å². The number of nitrogens with one attached hydrogen (secondary N) is 2. The molecule has 21 heavy (non-hydrogen) atoms. The van der Waals surface area contributed by atoms with Gasteiger partial charge in [0.15, 0.2) is 0 Å². The molecule has 0 spiro atoms. The Labute approximate surface area is 123 Å². The second kappa shape index (κ2) is 7.63. The topological polar surface area (TPSA) is 113 Å². The summed E-state index contributed by atoms with van der Waals surface area (Å²) in [6.45, 7) is 1.49. The summed E-state index contributed by atoms with van der Waals surface area (Å²) < 4.78 is 22.8. The number of carbonyl (C=O) groups is 2. The second-order valence-corrected chi connectivity index (χ2v) is 6.85. The lowest BCUT2D eigenvalue weighted by molar-refractivity contribution is -0.139. The number of sulfone groups is 1. The van der Waals surface area contributed by atoms with E-state index in [0.29, 0.717) is 5.69 Å². The highest BCUT2D eigenvalue weighted by Crippen LogP contribution is 2.05. The average molecular weight is 314 g/mol. The summed E-state index contributed by atoms with van der Waals surface area (Å²) in [4.78, 5) is 22.7. The third-order valence-corrected chi connectivity index (χ3v) is 4.53. The number of hydrogen-bond acceptors (Lipinski definition) is 4. The van der Waals surface area contributed by atoms with Gasteiger partial charge in [-0.2, -0.15) is 0 Å². The second-order valence-electron chi connectivity index (χ2n) is 4.38.